The molecule has 3 aromatic rings. The summed E-state index contributed by atoms with van der Waals surface area (Å²) < 4.78 is 1.63. The number of aromatic nitrogens is 3. The van der Waals surface area contributed by atoms with Gasteiger partial charge in [-0.1, -0.05) is 18.2 Å². The highest BCUT2D eigenvalue weighted by molar-refractivity contribution is 5.87. The lowest BCUT2D eigenvalue weighted by atomic mass is 10.1. The quantitative estimate of drug-likeness (QED) is 0.672. The maximum absolute atomic E-state index is 9.24. The molecule has 0 atom stereocenters. The van der Waals surface area contributed by atoms with Gasteiger partial charge in [-0.2, -0.15) is 10.5 Å². The van der Waals surface area contributed by atoms with Gasteiger partial charge in [0.15, 0.2) is 11.4 Å². The molecule has 1 aromatic carbocycles. The third-order valence-corrected chi connectivity index (χ3v) is 3.06. The van der Waals surface area contributed by atoms with Crippen LogP contribution < -0.4 is 0 Å². The zero-order chi connectivity index (χ0) is 14.1. The molecule has 20 heavy (non-hydrogen) atoms. The fourth-order valence-corrected chi connectivity index (χ4v) is 2.20. The predicted molar refractivity (Wildman–Crippen MR) is 73.0 cm³/mol. The Hall–Kier alpha value is -3.18. The molecule has 0 bridgehead atoms. The Kier molecular flexibility index (Phi) is 2.67. The van der Waals surface area contributed by atoms with Gasteiger partial charge in [-0.05, 0) is 19.1 Å². The van der Waals surface area contributed by atoms with Gasteiger partial charge in [0.2, 0.25) is 0 Å². The van der Waals surface area contributed by atoms with Crippen LogP contribution in [0.4, 0.5) is 0 Å². The van der Waals surface area contributed by atoms with Crippen molar-refractivity contribution in [2.75, 3.05) is 0 Å². The fourth-order valence-electron chi connectivity index (χ4n) is 2.20. The minimum absolute atomic E-state index is 0.131. The predicted octanol–water partition coefficient (Wildman–Crippen LogP) is 2.47. The van der Waals surface area contributed by atoms with Gasteiger partial charge in [-0.3, -0.25) is 9.55 Å². The SMILES string of the molecule is Cc1cc(-n2cnc(C#N)c2C#N)c2ccccc2n1. The summed E-state index contributed by atoms with van der Waals surface area (Å²) in [6.45, 7) is 1.89. The van der Waals surface area contributed by atoms with Gasteiger partial charge < -0.3 is 0 Å². The Morgan fingerprint density at radius 3 is 2.70 bits per heavy atom. The van der Waals surface area contributed by atoms with Gasteiger partial charge in [0.1, 0.15) is 18.5 Å². The number of rotatable bonds is 1. The van der Waals surface area contributed by atoms with E-state index in [1.54, 1.807) is 4.57 Å². The van der Waals surface area contributed by atoms with Crippen LogP contribution in [-0.4, -0.2) is 14.5 Å². The smallest absolute Gasteiger partial charge is 0.177 e. The zero-order valence-corrected chi connectivity index (χ0v) is 10.7. The molecular weight excluding hydrogens is 250 g/mol. The lowest BCUT2D eigenvalue weighted by molar-refractivity contribution is 1.03. The molecule has 2 heterocycles. The van der Waals surface area contributed by atoms with Crippen LogP contribution in [0.3, 0.4) is 0 Å². The molecule has 0 radical (unpaired) electrons. The van der Waals surface area contributed by atoms with E-state index < -0.39 is 0 Å². The molecule has 0 aliphatic carbocycles. The van der Waals surface area contributed by atoms with Gasteiger partial charge in [-0.15, -0.1) is 0 Å². The summed E-state index contributed by atoms with van der Waals surface area (Å²) in [5.41, 5.74) is 2.86. The molecule has 3 rings (SSSR count). The summed E-state index contributed by atoms with van der Waals surface area (Å²) in [4.78, 5) is 8.44. The minimum Gasteiger partial charge on any atom is -0.289 e. The fraction of sp³-hybridized carbons (Fsp3) is 0.0667. The highest BCUT2D eigenvalue weighted by Crippen LogP contribution is 2.23. The number of para-hydroxylation sites is 1. The number of hydrogen-bond acceptors (Lipinski definition) is 4. The van der Waals surface area contributed by atoms with E-state index in [1.807, 2.05) is 49.4 Å². The maximum atomic E-state index is 9.24. The van der Waals surface area contributed by atoms with Crippen LogP contribution >= 0.6 is 0 Å². The average molecular weight is 259 g/mol. The molecule has 0 N–H and O–H groups in total. The van der Waals surface area contributed by atoms with E-state index in [1.165, 1.54) is 6.33 Å². The van der Waals surface area contributed by atoms with E-state index in [4.69, 9.17) is 5.26 Å². The molecule has 2 aromatic heterocycles. The first kappa shape index (κ1) is 11.9. The van der Waals surface area contributed by atoms with E-state index in [0.29, 0.717) is 0 Å². The van der Waals surface area contributed by atoms with E-state index in [-0.39, 0.29) is 11.4 Å². The second-order valence-electron chi connectivity index (χ2n) is 4.34. The van der Waals surface area contributed by atoms with Gasteiger partial charge in [-0.25, -0.2) is 4.98 Å². The number of hydrogen-bond donors (Lipinski definition) is 0. The molecule has 5 nitrogen and oxygen atoms in total. The van der Waals surface area contributed by atoms with E-state index >= 15 is 0 Å². The number of imidazole rings is 1. The van der Waals surface area contributed by atoms with Crippen molar-refractivity contribution >= 4 is 10.9 Å². The van der Waals surface area contributed by atoms with E-state index in [2.05, 4.69) is 9.97 Å². The number of aryl methyl sites for hydroxylation is 1. The number of benzene rings is 1. The highest BCUT2D eigenvalue weighted by Gasteiger charge is 2.14. The zero-order valence-electron chi connectivity index (χ0n) is 10.7. The Balaban J connectivity index is 2.39. The summed E-state index contributed by atoms with van der Waals surface area (Å²) in [5, 5.41) is 19.1. The Morgan fingerprint density at radius 2 is 1.95 bits per heavy atom. The van der Waals surface area contributed by atoms with Crippen molar-refractivity contribution in [2.45, 2.75) is 6.92 Å². The topological polar surface area (TPSA) is 78.3 Å². The number of fused-ring (bicyclic) bond motifs is 1. The van der Waals surface area contributed by atoms with E-state index in [0.717, 1.165) is 22.3 Å². The van der Waals surface area contributed by atoms with Crippen LogP contribution in [0, 0.1) is 29.6 Å². The number of nitrogens with zero attached hydrogens (tertiary/aromatic N) is 5. The van der Waals surface area contributed by atoms with Crippen molar-refractivity contribution in [1.82, 2.24) is 14.5 Å². The van der Waals surface area contributed by atoms with Crippen molar-refractivity contribution < 1.29 is 0 Å². The molecule has 94 valence electrons. The van der Waals surface area contributed by atoms with E-state index in [9.17, 15) is 5.26 Å². The molecule has 0 saturated heterocycles. The average Bonchev–Trinajstić information content (AvgIpc) is 2.88. The van der Waals surface area contributed by atoms with Gasteiger partial charge in [0, 0.05) is 11.1 Å². The Morgan fingerprint density at radius 1 is 1.15 bits per heavy atom. The van der Waals surface area contributed by atoms with Crippen molar-refractivity contribution in [2.24, 2.45) is 0 Å². The lowest BCUT2D eigenvalue weighted by Crippen LogP contribution is -2.00. The molecule has 0 amide bonds. The number of nitriles is 2. The molecule has 0 spiro atoms. The van der Waals surface area contributed by atoms with Crippen LogP contribution in [0.2, 0.25) is 0 Å². The Bertz CT molecular complexity index is 893. The monoisotopic (exact) mass is 259 g/mol. The summed E-state index contributed by atoms with van der Waals surface area (Å²) >= 11 is 0. The molecule has 0 saturated carbocycles. The second-order valence-corrected chi connectivity index (χ2v) is 4.34. The molecule has 0 fully saturated rings. The second kappa shape index (κ2) is 4.49. The van der Waals surface area contributed by atoms with Crippen LogP contribution in [0.5, 0.6) is 0 Å². The van der Waals surface area contributed by atoms with Gasteiger partial charge >= 0.3 is 0 Å². The molecule has 0 aliphatic rings. The molecule has 5 heteroatoms. The van der Waals surface area contributed by atoms with Gasteiger partial charge in [0.25, 0.3) is 0 Å². The van der Waals surface area contributed by atoms with Crippen molar-refractivity contribution in [3.05, 3.63) is 53.7 Å². The molecule has 0 aliphatic heterocycles. The van der Waals surface area contributed by atoms with Crippen LogP contribution in [0.1, 0.15) is 17.1 Å². The molecule has 0 unspecified atom stereocenters. The van der Waals surface area contributed by atoms with Crippen LogP contribution in [0.25, 0.3) is 16.6 Å². The largest absolute Gasteiger partial charge is 0.289 e. The van der Waals surface area contributed by atoms with Gasteiger partial charge in [0.05, 0.1) is 11.2 Å². The van der Waals surface area contributed by atoms with Crippen molar-refractivity contribution in [3.63, 3.8) is 0 Å². The summed E-state index contributed by atoms with van der Waals surface area (Å²) in [7, 11) is 0. The highest BCUT2D eigenvalue weighted by atomic mass is 15.1. The lowest BCUT2D eigenvalue weighted by Gasteiger charge is -2.09. The third kappa shape index (κ3) is 1.70. The van der Waals surface area contributed by atoms with Crippen molar-refractivity contribution in [3.8, 4) is 17.8 Å². The Labute approximate surface area is 115 Å². The summed E-state index contributed by atoms with van der Waals surface area (Å²) in [6.07, 6.45) is 1.50. The minimum atomic E-state index is 0.131. The maximum Gasteiger partial charge on any atom is 0.177 e. The first-order chi connectivity index (χ1) is 9.74. The third-order valence-electron chi connectivity index (χ3n) is 3.06. The van der Waals surface area contributed by atoms with Crippen molar-refractivity contribution in [1.29, 1.82) is 10.5 Å². The first-order valence-corrected chi connectivity index (χ1v) is 5.99. The van der Waals surface area contributed by atoms with Crippen LogP contribution in [-0.2, 0) is 0 Å². The number of pyridine rings is 1. The standard InChI is InChI=1S/C15H9N5/c1-10-6-14(11-4-2-3-5-12(11)19-10)20-9-18-13(7-16)15(20)8-17/h2-6,9H,1H3. The summed E-state index contributed by atoms with van der Waals surface area (Å²) in [5.74, 6) is 0. The summed E-state index contributed by atoms with van der Waals surface area (Å²) in [6, 6.07) is 13.5. The first-order valence-electron chi connectivity index (χ1n) is 5.99. The molecular formula is C15H9N5. The van der Waals surface area contributed by atoms with Crippen LogP contribution in [0.15, 0.2) is 36.7 Å². The normalized spacial score (nSPS) is 10.2.